The highest BCUT2D eigenvalue weighted by atomic mass is 32.2. The summed E-state index contributed by atoms with van der Waals surface area (Å²) in [4.78, 5) is 12.6. The van der Waals surface area contributed by atoms with Crippen molar-refractivity contribution >= 4 is 16.0 Å². The molecule has 1 heterocycles. The second-order valence-electron chi connectivity index (χ2n) is 7.73. The predicted octanol–water partition coefficient (Wildman–Crippen LogP) is 3.81. The smallest absolute Gasteiger partial charge is 0.307 e. The monoisotopic (exact) mass is 413 g/mol. The Kier molecular flexibility index (Phi) is 5.74. The molecule has 0 amide bonds. The van der Waals surface area contributed by atoms with Crippen LogP contribution in [0, 0.1) is 0 Å². The zero-order chi connectivity index (χ0) is 20.4. The van der Waals surface area contributed by atoms with Crippen LogP contribution in [-0.2, 0) is 38.8 Å². The maximum absolute atomic E-state index is 13.6. The van der Waals surface area contributed by atoms with Crippen molar-refractivity contribution < 1.29 is 17.9 Å². The average Bonchev–Trinajstić information content (AvgIpc) is 2.73. The Morgan fingerprint density at radius 1 is 1.03 bits per heavy atom. The fraction of sp³-hybridized carbons (Fsp3) is 0.435. The number of nitrogens with zero attached hydrogens (tertiary/aromatic N) is 1. The molecule has 0 saturated carbocycles. The summed E-state index contributed by atoms with van der Waals surface area (Å²) in [6, 6.07) is 12.8. The van der Waals surface area contributed by atoms with Crippen LogP contribution in [-0.4, -0.2) is 31.8 Å². The molecule has 2 aromatic rings. The molecule has 0 aromatic heterocycles. The van der Waals surface area contributed by atoms with Crippen LogP contribution >= 0.6 is 0 Å². The van der Waals surface area contributed by atoms with E-state index < -0.39 is 16.1 Å². The Hall–Kier alpha value is -2.18. The summed E-state index contributed by atoms with van der Waals surface area (Å²) < 4.78 is 33.8. The first-order valence-corrected chi connectivity index (χ1v) is 11.8. The second-order valence-corrected chi connectivity index (χ2v) is 9.62. The van der Waals surface area contributed by atoms with E-state index in [4.69, 9.17) is 4.74 Å². The van der Waals surface area contributed by atoms with Gasteiger partial charge in [0.25, 0.3) is 0 Å². The number of fused-ring (bicyclic) bond motifs is 2. The maximum Gasteiger partial charge on any atom is 0.307 e. The minimum Gasteiger partial charge on any atom is -0.466 e. The van der Waals surface area contributed by atoms with Gasteiger partial charge >= 0.3 is 5.97 Å². The van der Waals surface area contributed by atoms with E-state index in [1.165, 1.54) is 9.87 Å². The lowest BCUT2D eigenvalue weighted by Gasteiger charge is -2.36. The fourth-order valence-corrected chi connectivity index (χ4v) is 6.17. The van der Waals surface area contributed by atoms with Crippen LogP contribution in [0.3, 0.4) is 0 Å². The van der Waals surface area contributed by atoms with Crippen molar-refractivity contribution in [2.75, 3.05) is 13.2 Å². The number of sulfonamides is 1. The van der Waals surface area contributed by atoms with Crippen LogP contribution in [0.15, 0.2) is 47.4 Å². The molecular formula is C23H27NO4S. The van der Waals surface area contributed by atoms with Crippen molar-refractivity contribution in [2.24, 2.45) is 0 Å². The summed E-state index contributed by atoms with van der Waals surface area (Å²) in [6.45, 7) is 2.40. The molecule has 1 aliphatic heterocycles. The number of carbonyl (C=O) groups is 1. The number of hydrogen-bond donors (Lipinski definition) is 0. The van der Waals surface area contributed by atoms with Crippen molar-refractivity contribution in [1.29, 1.82) is 0 Å². The van der Waals surface area contributed by atoms with E-state index in [0.29, 0.717) is 17.9 Å². The molecule has 6 heteroatoms. The molecule has 2 aromatic carbocycles. The first kappa shape index (κ1) is 20.1. The minimum absolute atomic E-state index is 0.0228. The van der Waals surface area contributed by atoms with Gasteiger partial charge in [-0.2, -0.15) is 4.31 Å². The molecule has 1 aliphatic carbocycles. The predicted molar refractivity (Wildman–Crippen MR) is 111 cm³/mol. The van der Waals surface area contributed by atoms with E-state index in [1.807, 2.05) is 36.4 Å². The topological polar surface area (TPSA) is 63.7 Å². The lowest BCUT2D eigenvalue weighted by molar-refractivity contribution is -0.144. The highest BCUT2D eigenvalue weighted by Crippen LogP contribution is 2.37. The van der Waals surface area contributed by atoms with Crippen molar-refractivity contribution in [1.82, 2.24) is 4.31 Å². The van der Waals surface area contributed by atoms with Crippen LogP contribution in [0.1, 0.15) is 54.5 Å². The summed E-state index contributed by atoms with van der Waals surface area (Å²) in [5.74, 6) is -0.375. The molecule has 0 N–H and O–H groups in total. The van der Waals surface area contributed by atoms with Gasteiger partial charge in [0.1, 0.15) is 0 Å². The van der Waals surface area contributed by atoms with Gasteiger partial charge in [0.2, 0.25) is 10.0 Å². The van der Waals surface area contributed by atoms with E-state index in [9.17, 15) is 13.2 Å². The maximum atomic E-state index is 13.6. The highest BCUT2D eigenvalue weighted by Gasteiger charge is 2.38. The fourth-order valence-electron chi connectivity index (χ4n) is 4.51. The summed E-state index contributed by atoms with van der Waals surface area (Å²) in [5, 5.41) is 0. The summed E-state index contributed by atoms with van der Waals surface area (Å²) in [5.41, 5.74) is 4.38. The van der Waals surface area contributed by atoms with Gasteiger partial charge < -0.3 is 4.74 Å². The number of hydrogen-bond acceptors (Lipinski definition) is 4. The molecule has 2 aliphatic rings. The SMILES string of the molecule is CCOC(=O)C[C@H]1c2ccccc2CCN1S(=O)(=O)c1ccc2c(c1)CCCC2. The first-order chi connectivity index (χ1) is 14.0. The minimum atomic E-state index is -3.72. The molecule has 29 heavy (non-hydrogen) atoms. The normalized spacial score (nSPS) is 19.3. The van der Waals surface area contributed by atoms with Crippen molar-refractivity contribution in [2.45, 2.75) is 56.4 Å². The molecule has 0 saturated heterocycles. The lowest BCUT2D eigenvalue weighted by atomic mass is 9.92. The molecule has 1 atom stereocenters. The molecule has 0 unspecified atom stereocenters. The quantitative estimate of drug-likeness (QED) is 0.700. The van der Waals surface area contributed by atoms with Gasteiger partial charge in [-0.25, -0.2) is 8.42 Å². The largest absolute Gasteiger partial charge is 0.466 e. The molecule has 5 nitrogen and oxygen atoms in total. The van der Waals surface area contributed by atoms with Gasteiger partial charge in [-0.05, 0) is 73.4 Å². The lowest BCUT2D eigenvalue weighted by Crippen LogP contribution is -2.41. The number of benzene rings is 2. The van der Waals surface area contributed by atoms with Crippen LogP contribution in [0.25, 0.3) is 0 Å². The summed E-state index contributed by atoms with van der Waals surface area (Å²) in [6.07, 6.45) is 4.85. The van der Waals surface area contributed by atoms with Crippen LogP contribution in [0.4, 0.5) is 0 Å². The first-order valence-electron chi connectivity index (χ1n) is 10.4. The Morgan fingerprint density at radius 2 is 1.79 bits per heavy atom. The van der Waals surface area contributed by atoms with E-state index in [1.54, 1.807) is 13.0 Å². The third-order valence-corrected chi connectivity index (χ3v) is 7.86. The van der Waals surface area contributed by atoms with Gasteiger partial charge in [-0.1, -0.05) is 30.3 Å². The van der Waals surface area contributed by atoms with Gasteiger partial charge in [0, 0.05) is 6.54 Å². The Balaban J connectivity index is 1.72. The van der Waals surface area contributed by atoms with Crippen molar-refractivity contribution in [3.63, 3.8) is 0 Å². The number of carbonyl (C=O) groups excluding carboxylic acids is 1. The summed E-state index contributed by atoms with van der Waals surface area (Å²) >= 11 is 0. The van der Waals surface area contributed by atoms with Gasteiger partial charge in [0.15, 0.2) is 0 Å². The standard InChI is InChI=1S/C23H27NO4S/c1-2-28-23(25)16-22-21-10-6-5-8-18(21)13-14-24(22)29(26,27)20-12-11-17-7-3-4-9-19(17)15-20/h5-6,8,10-12,15,22H,2-4,7,9,13-14,16H2,1H3/t22-/m0/s1. The third kappa shape index (κ3) is 3.96. The van der Waals surface area contributed by atoms with Crippen molar-refractivity contribution in [3.05, 3.63) is 64.7 Å². The van der Waals surface area contributed by atoms with E-state index >= 15 is 0 Å². The van der Waals surface area contributed by atoms with Crippen molar-refractivity contribution in [3.8, 4) is 0 Å². The molecule has 4 rings (SSSR count). The average molecular weight is 414 g/mol. The van der Waals surface area contributed by atoms with Crippen LogP contribution in [0.5, 0.6) is 0 Å². The number of aryl methyl sites for hydroxylation is 2. The van der Waals surface area contributed by atoms with E-state index in [-0.39, 0.29) is 19.0 Å². The van der Waals surface area contributed by atoms with Crippen LogP contribution < -0.4 is 0 Å². The Labute approximate surface area is 172 Å². The molecular weight excluding hydrogens is 386 g/mol. The third-order valence-electron chi connectivity index (χ3n) is 5.96. The zero-order valence-electron chi connectivity index (χ0n) is 16.8. The Morgan fingerprint density at radius 3 is 2.59 bits per heavy atom. The number of esters is 1. The van der Waals surface area contributed by atoms with E-state index in [0.717, 1.165) is 42.4 Å². The molecule has 0 fully saturated rings. The van der Waals surface area contributed by atoms with Gasteiger partial charge in [0.05, 0.1) is 24.0 Å². The number of ether oxygens (including phenoxy) is 1. The van der Waals surface area contributed by atoms with Gasteiger partial charge in [-0.15, -0.1) is 0 Å². The summed E-state index contributed by atoms with van der Waals surface area (Å²) in [7, 11) is -3.72. The van der Waals surface area contributed by atoms with Gasteiger partial charge in [-0.3, -0.25) is 4.79 Å². The molecule has 0 radical (unpaired) electrons. The Bertz CT molecular complexity index is 1020. The molecule has 0 spiro atoms. The number of rotatable bonds is 5. The van der Waals surface area contributed by atoms with Crippen LogP contribution in [0.2, 0.25) is 0 Å². The molecule has 154 valence electrons. The zero-order valence-corrected chi connectivity index (χ0v) is 17.6. The second kappa shape index (κ2) is 8.28. The molecule has 0 bridgehead atoms. The van der Waals surface area contributed by atoms with E-state index in [2.05, 4.69) is 0 Å². The highest BCUT2D eigenvalue weighted by molar-refractivity contribution is 7.89.